The Morgan fingerprint density at radius 1 is 1.61 bits per heavy atom. The minimum absolute atomic E-state index is 0.0945. The van der Waals surface area contributed by atoms with Gasteiger partial charge in [-0.1, -0.05) is 6.92 Å². The van der Waals surface area contributed by atoms with Gasteiger partial charge in [0.1, 0.15) is 0 Å². The second-order valence-corrected chi connectivity index (χ2v) is 4.29. The fraction of sp³-hybridized carbons (Fsp3) is 0.417. The zero-order valence-electron chi connectivity index (χ0n) is 10.4. The maximum atomic E-state index is 10.8. The highest BCUT2D eigenvalue weighted by Gasteiger charge is 2.13. The minimum Gasteiger partial charge on any atom is -0.481 e. The van der Waals surface area contributed by atoms with Crippen molar-refractivity contribution in [2.24, 2.45) is 0 Å². The molecule has 18 heavy (non-hydrogen) atoms. The number of anilines is 1. The predicted molar refractivity (Wildman–Crippen MR) is 68.6 cm³/mol. The van der Waals surface area contributed by atoms with E-state index in [0.29, 0.717) is 5.65 Å². The molecule has 2 heterocycles. The second kappa shape index (κ2) is 5.03. The molecule has 0 radical (unpaired) electrons. The summed E-state index contributed by atoms with van der Waals surface area (Å²) in [4.78, 5) is 15.1. The largest absolute Gasteiger partial charge is 0.481 e. The van der Waals surface area contributed by atoms with Gasteiger partial charge in [-0.05, 0) is 19.4 Å². The van der Waals surface area contributed by atoms with E-state index in [1.807, 2.05) is 19.9 Å². The Labute approximate surface area is 104 Å². The van der Waals surface area contributed by atoms with Crippen LogP contribution in [-0.2, 0) is 4.79 Å². The van der Waals surface area contributed by atoms with E-state index in [1.165, 1.54) is 0 Å². The molecule has 0 amide bonds. The first kappa shape index (κ1) is 12.3. The minimum atomic E-state index is -0.802. The number of aromatic amines is 1. The Balaban J connectivity index is 2.29. The van der Waals surface area contributed by atoms with E-state index in [0.717, 1.165) is 23.2 Å². The number of nitrogens with zero attached hydrogens (tertiary/aromatic N) is 2. The summed E-state index contributed by atoms with van der Waals surface area (Å²) in [5, 5.41) is 19.7. The van der Waals surface area contributed by atoms with Crippen LogP contribution >= 0.6 is 0 Å². The molecule has 0 bridgehead atoms. The lowest BCUT2D eigenvalue weighted by atomic mass is 10.1. The standard InChI is InChI=1S/C12H16N4O2/c1-3-8(5-11(17)18)15-10-4-7(2)14-12-9(10)6-13-16-12/h4,6,8H,3,5H2,1-2H3,(H,17,18)(H2,13,14,15,16). The zero-order chi connectivity index (χ0) is 13.1. The molecule has 6 nitrogen and oxygen atoms in total. The van der Waals surface area contributed by atoms with Crippen LogP contribution in [0.3, 0.4) is 0 Å². The number of aryl methyl sites for hydroxylation is 1. The number of H-pyrrole nitrogens is 1. The van der Waals surface area contributed by atoms with Crippen LogP contribution in [-0.4, -0.2) is 32.3 Å². The number of carbonyl (C=O) groups is 1. The fourth-order valence-electron chi connectivity index (χ4n) is 1.90. The molecule has 96 valence electrons. The Morgan fingerprint density at radius 3 is 3.06 bits per heavy atom. The highest BCUT2D eigenvalue weighted by molar-refractivity contribution is 5.88. The molecule has 0 fully saturated rings. The van der Waals surface area contributed by atoms with Gasteiger partial charge in [-0.3, -0.25) is 9.89 Å². The van der Waals surface area contributed by atoms with E-state index in [1.54, 1.807) is 6.20 Å². The molecule has 0 aliphatic heterocycles. The third-order valence-corrected chi connectivity index (χ3v) is 2.82. The highest BCUT2D eigenvalue weighted by atomic mass is 16.4. The quantitative estimate of drug-likeness (QED) is 0.752. The van der Waals surface area contributed by atoms with Crippen LogP contribution in [0.4, 0.5) is 5.69 Å². The number of carboxylic acids is 1. The van der Waals surface area contributed by atoms with Crippen molar-refractivity contribution < 1.29 is 9.90 Å². The van der Waals surface area contributed by atoms with Gasteiger partial charge in [0.15, 0.2) is 5.65 Å². The molecule has 0 spiro atoms. The fourth-order valence-corrected chi connectivity index (χ4v) is 1.90. The first-order valence-corrected chi connectivity index (χ1v) is 5.89. The summed E-state index contributed by atoms with van der Waals surface area (Å²) in [5.41, 5.74) is 2.45. The summed E-state index contributed by atoms with van der Waals surface area (Å²) in [5.74, 6) is -0.802. The van der Waals surface area contributed by atoms with Gasteiger partial charge in [-0.2, -0.15) is 5.10 Å². The van der Waals surface area contributed by atoms with Crippen LogP contribution < -0.4 is 5.32 Å². The van der Waals surface area contributed by atoms with Crippen LogP contribution in [0.2, 0.25) is 0 Å². The summed E-state index contributed by atoms with van der Waals surface area (Å²) >= 11 is 0. The molecule has 3 N–H and O–H groups in total. The van der Waals surface area contributed by atoms with Gasteiger partial charge in [0.2, 0.25) is 0 Å². The monoisotopic (exact) mass is 248 g/mol. The first-order chi connectivity index (χ1) is 8.60. The Bertz CT molecular complexity index is 564. The normalized spacial score (nSPS) is 12.6. The topological polar surface area (TPSA) is 90.9 Å². The van der Waals surface area contributed by atoms with Crippen molar-refractivity contribution in [1.29, 1.82) is 0 Å². The molecule has 6 heteroatoms. The van der Waals surface area contributed by atoms with Crippen molar-refractivity contribution in [3.8, 4) is 0 Å². The van der Waals surface area contributed by atoms with Gasteiger partial charge < -0.3 is 10.4 Å². The summed E-state index contributed by atoms with van der Waals surface area (Å²) in [6.07, 6.45) is 2.53. The van der Waals surface area contributed by atoms with Gasteiger partial charge in [0.25, 0.3) is 0 Å². The number of pyridine rings is 1. The molecule has 2 rings (SSSR count). The van der Waals surface area contributed by atoms with Gasteiger partial charge in [-0.15, -0.1) is 0 Å². The summed E-state index contributed by atoms with van der Waals surface area (Å²) in [7, 11) is 0. The van der Waals surface area contributed by atoms with Crippen molar-refractivity contribution >= 4 is 22.7 Å². The molecule has 1 unspecified atom stereocenters. The van der Waals surface area contributed by atoms with Crippen LogP contribution in [0.25, 0.3) is 11.0 Å². The van der Waals surface area contributed by atoms with Crippen LogP contribution in [0.5, 0.6) is 0 Å². The molecule has 1 atom stereocenters. The number of fused-ring (bicyclic) bond motifs is 1. The Morgan fingerprint density at radius 2 is 2.39 bits per heavy atom. The molecule has 0 aliphatic rings. The van der Waals surface area contributed by atoms with Gasteiger partial charge >= 0.3 is 5.97 Å². The number of aromatic nitrogens is 3. The summed E-state index contributed by atoms with van der Waals surface area (Å²) < 4.78 is 0. The van der Waals surface area contributed by atoms with E-state index >= 15 is 0 Å². The molecular weight excluding hydrogens is 232 g/mol. The number of hydrogen-bond donors (Lipinski definition) is 3. The van der Waals surface area contributed by atoms with Crippen molar-refractivity contribution in [2.45, 2.75) is 32.7 Å². The van der Waals surface area contributed by atoms with E-state index in [9.17, 15) is 4.79 Å². The van der Waals surface area contributed by atoms with Crippen molar-refractivity contribution in [3.05, 3.63) is 18.0 Å². The number of hydrogen-bond acceptors (Lipinski definition) is 4. The predicted octanol–water partition coefficient (Wildman–Crippen LogP) is 1.93. The zero-order valence-corrected chi connectivity index (χ0v) is 10.4. The van der Waals surface area contributed by atoms with Crippen molar-refractivity contribution in [2.75, 3.05) is 5.32 Å². The number of rotatable bonds is 5. The van der Waals surface area contributed by atoms with Crippen LogP contribution in [0.15, 0.2) is 12.3 Å². The van der Waals surface area contributed by atoms with E-state index in [2.05, 4.69) is 20.5 Å². The number of nitrogens with one attached hydrogen (secondary N) is 2. The van der Waals surface area contributed by atoms with Crippen molar-refractivity contribution in [3.63, 3.8) is 0 Å². The van der Waals surface area contributed by atoms with Crippen LogP contribution in [0, 0.1) is 6.92 Å². The molecule has 0 aliphatic carbocycles. The molecule has 0 aromatic carbocycles. The first-order valence-electron chi connectivity index (χ1n) is 5.89. The average Bonchev–Trinajstić information content (AvgIpc) is 2.75. The third-order valence-electron chi connectivity index (χ3n) is 2.82. The van der Waals surface area contributed by atoms with Gasteiger partial charge in [0, 0.05) is 17.4 Å². The second-order valence-electron chi connectivity index (χ2n) is 4.29. The molecule has 0 saturated carbocycles. The van der Waals surface area contributed by atoms with Crippen LogP contribution in [0.1, 0.15) is 25.5 Å². The SMILES string of the molecule is CCC(CC(=O)O)Nc1cc(C)nc2[nH]ncc12. The van der Waals surface area contributed by atoms with E-state index in [4.69, 9.17) is 5.11 Å². The lowest BCUT2D eigenvalue weighted by Gasteiger charge is -2.17. The molecule has 2 aromatic rings. The Hall–Kier alpha value is -2.11. The lowest BCUT2D eigenvalue weighted by Crippen LogP contribution is -2.22. The van der Waals surface area contributed by atoms with E-state index in [-0.39, 0.29) is 12.5 Å². The maximum Gasteiger partial charge on any atom is 0.305 e. The van der Waals surface area contributed by atoms with E-state index < -0.39 is 5.97 Å². The van der Waals surface area contributed by atoms with Crippen molar-refractivity contribution in [1.82, 2.24) is 15.2 Å². The Kier molecular flexibility index (Phi) is 3.45. The molecular formula is C12H16N4O2. The molecule has 0 saturated heterocycles. The average molecular weight is 248 g/mol. The molecule has 2 aromatic heterocycles. The van der Waals surface area contributed by atoms with Gasteiger partial charge in [0.05, 0.1) is 18.0 Å². The number of carboxylic acid groups (broad SMARTS) is 1. The third kappa shape index (κ3) is 2.58. The van der Waals surface area contributed by atoms with Gasteiger partial charge in [-0.25, -0.2) is 4.98 Å². The highest BCUT2D eigenvalue weighted by Crippen LogP contribution is 2.23. The smallest absolute Gasteiger partial charge is 0.305 e. The maximum absolute atomic E-state index is 10.8. The lowest BCUT2D eigenvalue weighted by molar-refractivity contribution is -0.137. The summed E-state index contributed by atoms with van der Waals surface area (Å²) in [6, 6.07) is 1.81. The summed E-state index contributed by atoms with van der Waals surface area (Å²) in [6.45, 7) is 3.85. The number of aliphatic carboxylic acids is 1.